The number of hydrogen-bond acceptors (Lipinski definition) is 2. The molecule has 1 unspecified atom stereocenters. The van der Waals surface area contributed by atoms with Crippen molar-refractivity contribution in [1.29, 1.82) is 0 Å². The van der Waals surface area contributed by atoms with Crippen LogP contribution in [0.5, 0.6) is 0 Å². The van der Waals surface area contributed by atoms with Gasteiger partial charge in [0.2, 0.25) is 5.91 Å². The summed E-state index contributed by atoms with van der Waals surface area (Å²) in [6.07, 6.45) is 6.21. The van der Waals surface area contributed by atoms with E-state index in [0.29, 0.717) is 6.04 Å². The first kappa shape index (κ1) is 13.5. The van der Waals surface area contributed by atoms with Crippen LogP contribution in [0.4, 0.5) is 0 Å². The highest BCUT2D eigenvalue weighted by Gasteiger charge is 2.27. The van der Waals surface area contributed by atoms with E-state index in [9.17, 15) is 4.79 Å². The molecule has 0 spiro atoms. The summed E-state index contributed by atoms with van der Waals surface area (Å²) < 4.78 is 0. The van der Waals surface area contributed by atoms with Crippen molar-refractivity contribution in [1.82, 2.24) is 10.2 Å². The molecule has 1 aliphatic carbocycles. The Morgan fingerprint density at radius 2 is 1.94 bits per heavy atom. The van der Waals surface area contributed by atoms with Crippen molar-refractivity contribution in [3.63, 3.8) is 0 Å². The van der Waals surface area contributed by atoms with Gasteiger partial charge in [-0.1, -0.05) is 13.3 Å². The molecule has 3 heteroatoms. The van der Waals surface area contributed by atoms with Crippen LogP contribution in [0.2, 0.25) is 0 Å². The molecule has 1 amide bonds. The molecule has 0 bridgehead atoms. The van der Waals surface area contributed by atoms with E-state index in [2.05, 4.69) is 12.2 Å². The lowest BCUT2D eigenvalue weighted by atomic mass is 9.84. The quantitative estimate of drug-likeness (QED) is 0.795. The average molecular weight is 226 g/mol. The van der Waals surface area contributed by atoms with Gasteiger partial charge in [-0.25, -0.2) is 0 Å². The Hall–Kier alpha value is -0.570. The Balaban J connectivity index is 2.43. The molecule has 0 aliphatic heterocycles. The van der Waals surface area contributed by atoms with Crippen LogP contribution >= 0.6 is 0 Å². The van der Waals surface area contributed by atoms with Gasteiger partial charge < -0.3 is 10.2 Å². The average Bonchev–Trinajstić information content (AvgIpc) is 2.36. The number of nitrogens with one attached hydrogen (secondary N) is 1. The monoisotopic (exact) mass is 226 g/mol. The van der Waals surface area contributed by atoms with Gasteiger partial charge in [0.25, 0.3) is 0 Å². The van der Waals surface area contributed by atoms with Crippen LogP contribution < -0.4 is 5.32 Å². The van der Waals surface area contributed by atoms with Crippen molar-refractivity contribution in [3.05, 3.63) is 0 Å². The number of carbonyl (C=O) groups is 1. The van der Waals surface area contributed by atoms with Crippen molar-refractivity contribution >= 4 is 5.91 Å². The van der Waals surface area contributed by atoms with E-state index in [1.165, 1.54) is 32.1 Å². The highest BCUT2D eigenvalue weighted by Crippen LogP contribution is 2.29. The third-order valence-electron chi connectivity index (χ3n) is 4.09. The molecule has 0 saturated heterocycles. The van der Waals surface area contributed by atoms with Gasteiger partial charge in [0, 0.05) is 13.1 Å². The molecule has 3 nitrogen and oxygen atoms in total. The fraction of sp³-hybridized carbons (Fsp3) is 0.923. The van der Waals surface area contributed by atoms with Crippen molar-refractivity contribution in [2.75, 3.05) is 14.1 Å². The van der Waals surface area contributed by atoms with Crippen molar-refractivity contribution < 1.29 is 4.79 Å². The minimum atomic E-state index is -0.0612. The second kappa shape index (κ2) is 6.24. The maximum absolute atomic E-state index is 12.0. The third kappa shape index (κ3) is 3.21. The largest absolute Gasteiger partial charge is 0.341 e. The summed E-state index contributed by atoms with van der Waals surface area (Å²) in [6.45, 7) is 4.19. The van der Waals surface area contributed by atoms with Gasteiger partial charge in [-0.15, -0.1) is 0 Å². The summed E-state index contributed by atoms with van der Waals surface area (Å²) in [4.78, 5) is 13.9. The lowest BCUT2D eigenvalue weighted by molar-refractivity contribution is -0.134. The van der Waals surface area contributed by atoms with E-state index in [4.69, 9.17) is 0 Å². The van der Waals surface area contributed by atoms with E-state index in [0.717, 1.165) is 5.92 Å². The van der Waals surface area contributed by atoms with Crippen LogP contribution in [0.25, 0.3) is 0 Å². The lowest BCUT2D eigenvalue weighted by Crippen LogP contribution is -2.47. The summed E-state index contributed by atoms with van der Waals surface area (Å²) in [6, 6.07) is 0.403. The molecule has 94 valence electrons. The second-order valence-electron chi connectivity index (χ2n) is 5.04. The van der Waals surface area contributed by atoms with Crippen LogP contribution in [-0.2, 0) is 4.79 Å². The third-order valence-corrected chi connectivity index (χ3v) is 4.09. The number of carbonyl (C=O) groups excluding carboxylic acids is 1. The molecule has 1 aliphatic rings. The predicted octanol–water partition coefficient (Wildman–Crippen LogP) is 2.02. The van der Waals surface area contributed by atoms with Crippen molar-refractivity contribution in [2.24, 2.45) is 5.92 Å². The summed E-state index contributed by atoms with van der Waals surface area (Å²) in [7, 11) is 3.79. The summed E-state index contributed by atoms with van der Waals surface area (Å²) in [5.41, 5.74) is 0. The van der Waals surface area contributed by atoms with Crippen molar-refractivity contribution in [2.45, 2.75) is 58.0 Å². The number of likely N-dealkylation sites (N-methyl/N-ethyl adjacent to an activating group) is 2. The Morgan fingerprint density at radius 1 is 1.38 bits per heavy atom. The predicted molar refractivity (Wildman–Crippen MR) is 67.3 cm³/mol. The fourth-order valence-corrected chi connectivity index (χ4v) is 2.55. The van der Waals surface area contributed by atoms with E-state index in [1.54, 1.807) is 0 Å². The zero-order valence-corrected chi connectivity index (χ0v) is 11.1. The van der Waals surface area contributed by atoms with Gasteiger partial charge in [0.1, 0.15) is 0 Å². The minimum Gasteiger partial charge on any atom is -0.341 e. The Morgan fingerprint density at radius 3 is 2.38 bits per heavy atom. The van der Waals surface area contributed by atoms with Crippen molar-refractivity contribution in [3.8, 4) is 0 Å². The first-order valence-electron chi connectivity index (χ1n) is 6.54. The molecule has 16 heavy (non-hydrogen) atoms. The van der Waals surface area contributed by atoms with Crippen LogP contribution in [0.15, 0.2) is 0 Å². The molecule has 1 rings (SSSR count). The van der Waals surface area contributed by atoms with Crippen LogP contribution in [0, 0.1) is 5.92 Å². The van der Waals surface area contributed by atoms with E-state index < -0.39 is 0 Å². The normalized spacial score (nSPS) is 27.5. The molecular weight excluding hydrogens is 200 g/mol. The SMILES string of the molecule is CCC1CCC(N(C)C(=O)C(C)NC)CC1. The number of amides is 1. The van der Waals surface area contributed by atoms with E-state index in [-0.39, 0.29) is 11.9 Å². The van der Waals surface area contributed by atoms with Gasteiger partial charge in [-0.05, 0) is 45.6 Å². The fourth-order valence-electron chi connectivity index (χ4n) is 2.55. The standard InChI is InChI=1S/C13H26N2O/c1-5-11-6-8-12(9-7-11)15(4)13(16)10(2)14-3/h10-12,14H,5-9H2,1-4H3. The maximum Gasteiger partial charge on any atom is 0.239 e. The molecule has 0 aromatic rings. The highest BCUT2D eigenvalue weighted by molar-refractivity contribution is 5.81. The van der Waals surface area contributed by atoms with E-state index in [1.807, 2.05) is 25.9 Å². The summed E-state index contributed by atoms with van der Waals surface area (Å²) in [5, 5.41) is 3.01. The maximum atomic E-state index is 12.0. The van der Waals surface area contributed by atoms with E-state index >= 15 is 0 Å². The van der Waals surface area contributed by atoms with Crippen LogP contribution in [-0.4, -0.2) is 37.0 Å². The Bertz CT molecular complexity index is 222. The zero-order chi connectivity index (χ0) is 12.1. The first-order chi connectivity index (χ1) is 7.60. The molecule has 1 N–H and O–H groups in total. The molecule has 1 fully saturated rings. The number of nitrogens with zero attached hydrogens (tertiary/aromatic N) is 1. The Kier molecular flexibility index (Phi) is 5.26. The molecule has 0 aromatic heterocycles. The molecule has 1 saturated carbocycles. The van der Waals surface area contributed by atoms with Crippen LogP contribution in [0.1, 0.15) is 46.0 Å². The van der Waals surface area contributed by atoms with Gasteiger partial charge in [0.15, 0.2) is 0 Å². The highest BCUT2D eigenvalue weighted by atomic mass is 16.2. The minimum absolute atomic E-state index is 0.0612. The topological polar surface area (TPSA) is 32.3 Å². The number of hydrogen-bond donors (Lipinski definition) is 1. The Labute approximate surface area is 99.6 Å². The molecule has 1 atom stereocenters. The van der Waals surface area contributed by atoms with Gasteiger partial charge in [-0.2, -0.15) is 0 Å². The second-order valence-corrected chi connectivity index (χ2v) is 5.04. The molecular formula is C13H26N2O. The summed E-state index contributed by atoms with van der Waals surface area (Å²) >= 11 is 0. The van der Waals surface area contributed by atoms with Gasteiger partial charge in [0.05, 0.1) is 6.04 Å². The zero-order valence-electron chi connectivity index (χ0n) is 11.1. The smallest absolute Gasteiger partial charge is 0.239 e. The van der Waals surface area contributed by atoms with Crippen LogP contribution in [0.3, 0.4) is 0 Å². The number of rotatable bonds is 4. The lowest BCUT2D eigenvalue weighted by Gasteiger charge is -2.35. The summed E-state index contributed by atoms with van der Waals surface area (Å²) in [5.74, 6) is 1.11. The van der Waals surface area contributed by atoms with Gasteiger partial charge >= 0.3 is 0 Å². The molecule has 0 heterocycles. The van der Waals surface area contributed by atoms with Gasteiger partial charge in [-0.3, -0.25) is 4.79 Å². The first-order valence-corrected chi connectivity index (χ1v) is 6.54. The molecule has 0 radical (unpaired) electrons. The molecule has 0 aromatic carbocycles.